The molecule has 0 unspecified atom stereocenters. The fourth-order valence-corrected chi connectivity index (χ4v) is 7.00. The summed E-state index contributed by atoms with van der Waals surface area (Å²) in [5, 5.41) is 7.17. The molecule has 0 fully saturated rings. The van der Waals surface area contributed by atoms with Crippen molar-refractivity contribution in [1.29, 1.82) is 0 Å². The average molecular weight is 961 g/mol. The molecule has 0 aliphatic rings. The minimum Gasteiger partial charge on any atom is -0.494 e. The van der Waals surface area contributed by atoms with Crippen LogP contribution < -0.4 is 29.1 Å². The molecule has 6 aromatic carbocycles. The van der Waals surface area contributed by atoms with Gasteiger partial charge >= 0.3 is 29.8 Å². The van der Waals surface area contributed by atoms with Crippen LogP contribution in [0.15, 0.2) is 158 Å². The van der Waals surface area contributed by atoms with Crippen LogP contribution in [0, 0.1) is 0 Å². The zero-order valence-corrected chi connectivity index (χ0v) is 39.7. The number of hydrazone groups is 1. The lowest BCUT2D eigenvalue weighted by atomic mass is 10.0. The third-order valence-electron chi connectivity index (χ3n) is 10.8. The first kappa shape index (κ1) is 51.9. The quantitative estimate of drug-likeness (QED) is 0.0129. The van der Waals surface area contributed by atoms with Crippen molar-refractivity contribution >= 4 is 63.3 Å². The zero-order valence-electron chi connectivity index (χ0n) is 39.7. The van der Waals surface area contributed by atoms with Crippen LogP contribution >= 0.6 is 0 Å². The van der Waals surface area contributed by atoms with Crippen molar-refractivity contribution in [2.45, 2.75) is 58.3 Å². The number of unbranched alkanes of at least 4 members (excludes halogenated alkanes) is 6. The molecular formula is C57H56N2O12. The molecule has 1 N–H and O–H groups in total. The van der Waals surface area contributed by atoms with Crippen LogP contribution in [0.5, 0.6) is 28.7 Å². The number of esters is 5. The summed E-state index contributed by atoms with van der Waals surface area (Å²) < 4.78 is 39.7. The first-order chi connectivity index (χ1) is 34.5. The molecule has 0 aromatic heterocycles. The van der Waals surface area contributed by atoms with Gasteiger partial charge in [0.25, 0.3) is 0 Å². The third kappa shape index (κ3) is 16.0. The highest BCUT2D eigenvalue weighted by atomic mass is 16.6. The van der Waals surface area contributed by atoms with Crippen molar-refractivity contribution in [1.82, 2.24) is 0 Å². The summed E-state index contributed by atoms with van der Waals surface area (Å²) in [5.74, 6) is -1.53. The minimum absolute atomic E-state index is 0.0410. The van der Waals surface area contributed by atoms with Gasteiger partial charge in [-0.15, -0.1) is 0 Å². The van der Waals surface area contributed by atoms with Gasteiger partial charge in [0.15, 0.2) is 0 Å². The van der Waals surface area contributed by atoms with Crippen molar-refractivity contribution in [2.75, 3.05) is 31.9 Å². The zero-order chi connectivity index (χ0) is 50.4. The Hall–Kier alpha value is -8.52. The molecule has 6 rings (SSSR count). The molecule has 366 valence electrons. The maximum absolute atomic E-state index is 14.0. The third-order valence-corrected chi connectivity index (χ3v) is 10.8. The summed E-state index contributed by atoms with van der Waals surface area (Å²) in [6.07, 6.45) is 10.3. The maximum Gasteiger partial charge on any atom is 0.343 e. The van der Waals surface area contributed by atoms with E-state index in [0.717, 1.165) is 74.3 Å². The van der Waals surface area contributed by atoms with E-state index < -0.39 is 29.8 Å². The predicted molar refractivity (Wildman–Crippen MR) is 273 cm³/mol. The molecule has 14 nitrogen and oxygen atoms in total. The van der Waals surface area contributed by atoms with E-state index in [-0.39, 0.29) is 44.9 Å². The van der Waals surface area contributed by atoms with Gasteiger partial charge in [-0.3, -0.25) is 5.43 Å². The second kappa shape index (κ2) is 26.9. The Kier molecular flexibility index (Phi) is 19.6. The maximum atomic E-state index is 14.0. The summed E-state index contributed by atoms with van der Waals surface area (Å²) >= 11 is 0. The Bertz CT molecular complexity index is 2890. The standard InChI is InChI=1S/C57H56N2O12/c1-5-52(60)67-33-15-9-7-13-31-65-46-25-20-41(21-26-46)56(63)70-51-36-44(38-58-59-45-24-19-40-17-11-12-18-43(40)35-45)54(50-37-48(29-30-49(50)51)69-55(62)39(3)4)71-57(64)42-22-27-47(28-23-42)66-32-14-8-10-16-34-68-53(61)6-2/h5-6,11-12,17-30,35-38,59H,1-3,7-10,13-16,31-34H2,4H3/b58-38+. The number of carbonyl (C=O) groups is 5. The molecule has 14 heteroatoms. The highest BCUT2D eigenvalue weighted by Gasteiger charge is 2.22. The van der Waals surface area contributed by atoms with Gasteiger partial charge in [-0.25, -0.2) is 24.0 Å². The lowest BCUT2D eigenvalue weighted by molar-refractivity contribution is -0.138. The summed E-state index contributed by atoms with van der Waals surface area (Å²) in [4.78, 5) is 63.0. The van der Waals surface area contributed by atoms with Crippen LogP contribution in [-0.2, 0) is 23.9 Å². The summed E-state index contributed by atoms with van der Waals surface area (Å²) in [6, 6.07) is 32.9. The van der Waals surface area contributed by atoms with Crippen molar-refractivity contribution < 1.29 is 57.1 Å². The van der Waals surface area contributed by atoms with Gasteiger partial charge < -0.3 is 33.2 Å². The Balaban J connectivity index is 1.22. The second-order valence-corrected chi connectivity index (χ2v) is 16.2. The second-order valence-electron chi connectivity index (χ2n) is 16.2. The Morgan fingerprint density at radius 3 is 1.65 bits per heavy atom. The number of fused-ring (bicyclic) bond motifs is 2. The van der Waals surface area contributed by atoms with Crippen LogP contribution in [0.2, 0.25) is 0 Å². The largest absolute Gasteiger partial charge is 0.494 e. The van der Waals surface area contributed by atoms with E-state index in [1.165, 1.54) is 25.3 Å². The number of benzene rings is 6. The molecule has 0 atom stereocenters. The van der Waals surface area contributed by atoms with Crippen LogP contribution in [-0.4, -0.2) is 62.5 Å². The fraction of sp³-hybridized carbons (Fsp3) is 0.228. The number of ether oxygens (including phenoxy) is 7. The van der Waals surface area contributed by atoms with E-state index in [9.17, 15) is 24.0 Å². The van der Waals surface area contributed by atoms with E-state index in [2.05, 4.69) is 30.3 Å². The van der Waals surface area contributed by atoms with Gasteiger partial charge in [0.1, 0.15) is 28.7 Å². The van der Waals surface area contributed by atoms with Gasteiger partial charge in [-0.1, -0.05) is 50.1 Å². The van der Waals surface area contributed by atoms with E-state index in [4.69, 9.17) is 33.2 Å². The molecule has 0 amide bonds. The molecule has 0 heterocycles. The van der Waals surface area contributed by atoms with Crippen LogP contribution in [0.4, 0.5) is 5.69 Å². The normalized spacial score (nSPS) is 10.8. The van der Waals surface area contributed by atoms with Gasteiger partial charge in [0, 0.05) is 34.1 Å². The highest BCUT2D eigenvalue weighted by Crippen LogP contribution is 2.40. The number of anilines is 1. The first-order valence-corrected chi connectivity index (χ1v) is 23.3. The fourth-order valence-electron chi connectivity index (χ4n) is 7.00. The lowest BCUT2D eigenvalue weighted by Crippen LogP contribution is -2.13. The Labute approximate surface area is 412 Å². The first-order valence-electron chi connectivity index (χ1n) is 23.3. The molecule has 71 heavy (non-hydrogen) atoms. The van der Waals surface area contributed by atoms with E-state index in [1.54, 1.807) is 60.7 Å². The molecule has 0 saturated carbocycles. The molecule has 0 bridgehead atoms. The number of rotatable bonds is 27. The highest BCUT2D eigenvalue weighted by molar-refractivity contribution is 6.06. The Morgan fingerprint density at radius 1 is 0.549 bits per heavy atom. The van der Waals surface area contributed by atoms with Crippen molar-refractivity contribution in [3.8, 4) is 28.7 Å². The summed E-state index contributed by atoms with van der Waals surface area (Å²) in [7, 11) is 0. The van der Waals surface area contributed by atoms with Crippen molar-refractivity contribution in [3.63, 3.8) is 0 Å². The topological polar surface area (TPSA) is 174 Å². The smallest absolute Gasteiger partial charge is 0.343 e. The van der Waals surface area contributed by atoms with Crippen molar-refractivity contribution in [3.05, 3.63) is 169 Å². The van der Waals surface area contributed by atoms with Crippen LogP contribution in [0.1, 0.15) is 84.6 Å². The molecular weight excluding hydrogens is 905 g/mol. The van der Waals surface area contributed by atoms with E-state index in [0.29, 0.717) is 49.0 Å². The predicted octanol–water partition coefficient (Wildman–Crippen LogP) is 11.7. The van der Waals surface area contributed by atoms with Gasteiger partial charge in [0.05, 0.1) is 49.5 Å². The molecule has 0 spiro atoms. The number of hydrogen-bond acceptors (Lipinski definition) is 14. The van der Waals surface area contributed by atoms with Gasteiger partial charge in [0.2, 0.25) is 0 Å². The number of nitrogens with one attached hydrogen (secondary N) is 1. The summed E-state index contributed by atoms with van der Waals surface area (Å²) in [5.41, 5.74) is 4.60. The van der Waals surface area contributed by atoms with Gasteiger partial charge in [-0.05, 0) is 154 Å². The van der Waals surface area contributed by atoms with Crippen LogP contribution in [0.3, 0.4) is 0 Å². The van der Waals surface area contributed by atoms with Gasteiger partial charge in [-0.2, -0.15) is 5.10 Å². The Morgan fingerprint density at radius 2 is 1.08 bits per heavy atom. The number of nitrogens with zero attached hydrogens (tertiary/aromatic N) is 1. The molecule has 0 saturated heterocycles. The minimum atomic E-state index is -0.713. The lowest BCUT2D eigenvalue weighted by Gasteiger charge is -2.16. The average Bonchev–Trinajstić information content (AvgIpc) is 3.38. The number of hydrogen-bond donors (Lipinski definition) is 1. The SMILES string of the molecule is C=CC(=O)OCCCCCCOc1ccc(C(=O)Oc2cc(/C=N/Nc3ccc4ccccc4c3)c(OC(=O)c3ccc(OCCCCCCOC(=O)C=C)cc3)c3cc(OC(=O)C(=C)C)ccc23)cc1. The van der Waals surface area contributed by atoms with Crippen LogP contribution in [0.25, 0.3) is 21.5 Å². The molecule has 0 radical (unpaired) electrons. The van der Waals surface area contributed by atoms with E-state index in [1.807, 2.05) is 42.5 Å². The molecule has 0 aliphatic carbocycles. The summed E-state index contributed by atoms with van der Waals surface area (Å²) in [6.45, 7) is 13.6. The van der Waals surface area contributed by atoms with Crippen molar-refractivity contribution in [2.24, 2.45) is 5.10 Å². The van der Waals surface area contributed by atoms with E-state index >= 15 is 0 Å². The molecule has 0 aliphatic heterocycles. The monoisotopic (exact) mass is 960 g/mol. The number of carbonyl (C=O) groups excluding carboxylic acids is 5. The molecule has 6 aromatic rings.